The number of likely N-dealkylation sites (tertiary alicyclic amines) is 1. The number of carbonyl (C=O) groups is 3. The third-order valence-corrected chi connectivity index (χ3v) is 3.19. The van der Waals surface area contributed by atoms with Crippen LogP contribution in [0.4, 0.5) is 4.79 Å². The summed E-state index contributed by atoms with van der Waals surface area (Å²) in [5, 5.41) is 11.3. The van der Waals surface area contributed by atoms with Gasteiger partial charge in [0.15, 0.2) is 0 Å². The van der Waals surface area contributed by atoms with Gasteiger partial charge in [0.1, 0.15) is 6.04 Å². The van der Waals surface area contributed by atoms with Gasteiger partial charge >= 0.3 is 12.0 Å². The number of carboxylic acids is 1. The molecule has 7 nitrogen and oxygen atoms in total. The van der Waals surface area contributed by atoms with Crippen molar-refractivity contribution in [2.45, 2.75) is 32.2 Å². The zero-order chi connectivity index (χ0) is 13.7. The lowest BCUT2D eigenvalue weighted by Crippen LogP contribution is -2.50. The molecule has 1 aliphatic heterocycles. The summed E-state index contributed by atoms with van der Waals surface area (Å²) in [7, 11) is 0. The molecule has 7 heteroatoms. The van der Waals surface area contributed by atoms with Gasteiger partial charge < -0.3 is 21.1 Å². The average Bonchev–Trinajstić information content (AvgIpc) is 2.35. The second-order valence-electron chi connectivity index (χ2n) is 4.41. The van der Waals surface area contributed by atoms with E-state index >= 15 is 0 Å². The van der Waals surface area contributed by atoms with Crippen LogP contribution in [0, 0.1) is 5.92 Å². The van der Waals surface area contributed by atoms with Crippen LogP contribution in [0.5, 0.6) is 0 Å². The highest BCUT2D eigenvalue weighted by Gasteiger charge is 2.27. The highest BCUT2D eigenvalue weighted by Crippen LogP contribution is 2.16. The topological polar surface area (TPSA) is 113 Å². The number of hydrogen-bond donors (Lipinski definition) is 3. The lowest BCUT2D eigenvalue weighted by atomic mass is 9.96. The van der Waals surface area contributed by atoms with E-state index in [9.17, 15) is 14.4 Å². The molecule has 1 fully saturated rings. The van der Waals surface area contributed by atoms with Crippen molar-refractivity contribution in [2.24, 2.45) is 11.7 Å². The molecule has 1 saturated heterocycles. The van der Waals surface area contributed by atoms with Crippen LogP contribution in [0.2, 0.25) is 0 Å². The Balaban J connectivity index is 2.45. The van der Waals surface area contributed by atoms with E-state index in [-0.39, 0.29) is 11.8 Å². The van der Waals surface area contributed by atoms with Crippen molar-refractivity contribution in [3.05, 3.63) is 0 Å². The van der Waals surface area contributed by atoms with Crippen molar-refractivity contribution < 1.29 is 19.5 Å². The number of carboxylic acid groups (broad SMARTS) is 1. The number of primary amides is 1. The summed E-state index contributed by atoms with van der Waals surface area (Å²) in [6.45, 7) is 2.55. The molecule has 4 N–H and O–H groups in total. The van der Waals surface area contributed by atoms with Gasteiger partial charge in [0.25, 0.3) is 0 Å². The van der Waals surface area contributed by atoms with Gasteiger partial charge in [-0.15, -0.1) is 0 Å². The molecule has 0 aromatic carbocycles. The van der Waals surface area contributed by atoms with Crippen molar-refractivity contribution >= 4 is 17.9 Å². The summed E-state index contributed by atoms with van der Waals surface area (Å²) in [5.41, 5.74) is 5.19. The molecule has 0 unspecified atom stereocenters. The van der Waals surface area contributed by atoms with E-state index in [1.54, 1.807) is 6.92 Å². The van der Waals surface area contributed by atoms with Gasteiger partial charge in [-0.25, -0.2) is 9.59 Å². The molecule has 0 radical (unpaired) electrons. The van der Waals surface area contributed by atoms with Crippen molar-refractivity contribution in [3.8, 4) is 0 Å². The number of urea groups is 1. The Hall–Kier alpha value is -1.79. The fourth-order valence-corrected chi connectivity index (χ4v) is 1.95. The molecule has 18 heavy (non-hydrogen) atoms. The van der Waals surface area contributed by atoms with Gasteiger partial charge in [-0.2, -0.15) is 0 Å². The van der Waals surface area contributed by atoms with Crippen LogP contribution < -0.4 is 11.1 Å². The van der Waals surface area contributed by atoms with Crippen LogP contribution >= 0.6 is 0 Å². The molecule has 3 amide bonds. The smallest absolute Gasteiger partial charge is 0.326 e. The molecule has 0 bridgehead atoms. The van der Waals surface area contributed by atoms with Gasteiger partial charge in [-0.1, -0.05) is 6.92 Å². The maximum atomic E-state index is 11.8. The van der Waals surface area contributed by atoms with Gasteiger partial charge in [-0.05, 0) is 19.3 Å². The predicted molar refractivity (Wildman–Crippen MR) is 63.7 cm³/mol. The standard InChI is InChI=1S/C11H19N3O4/c1-2-8(10(16)17)13-11(18)14-5-3-7(4-6-14)9(12)15/h7-8H,2-6H2,1H3,(H2,12,15)(H,13,18)(H,16,17)/t8-/m1/s1. The van der Waals surface area contributed by atoms with E-state index in [2.05, 4.69) is 5.32 Å². The van der Waals surface area contributed by atoms with Crippen LogP contribution in [0.1, 0.15) is 26.2 Å². The molecule has 1 atom stereocenters. The Morgan fingerprint density at radius 3 is 2.33 bits per heavy atom. The maximum Gasteiger partial charge on any atom is 0.326 e. The first-order valence-electron chi connectivity index (χ1n) is 6.03. The van der Waals surface area contributed by atoms with E-state index in [0.717, 1.165) is 0 Å². The Morgan fingerprint density at radius 2 is 1.94 bits per heavy atom. The SMILES string of the molecule is CC[C@@H](NC(=O)N1CCC(C(N)=O)CC1)C(=O)O. The molecule has 1 rings (SSSR count). The zero-order valence-electron chi connectivity index (χ0n) is 10.4. The van der Waals surface area contributed by atoms with Gasteiger partial charge in [0.05, 0.1) is 0 Å². The number of rotatable bonds is 4. The molecule has 0 saturated carbocycles. The third kappa shape index (κ3) is 3.61. The number of aliphatic carboxylic acids is 1. The fraction of sp³-hybridized carbons (Fsp3) is 0.727. The second-order valence-corrected chi connectivity index (χ2v) is 4.41. The third-order valence-electron chi connectivity index (χ3n) is 3.19. The summed E-state index contributed by atoms with van der Waals surface area (Å²) in [6.07, 6.45) is 1.40. The minimum atomic E-state index is -1.04. The van der Waals surface area contributed by atoms with Gasteiger partial charge in [0.2, 0.25) is 5.91 Å². The highest BCUT2D eigenvalue weighted by molar-refractivity contribution is 5.83. The van der Waals surface area contributed by atoms with Crippen LogP contribution in [0.25, 0.3) is 0 Å². The first-order valence-corrected chi connectivity index (χ1v) is 6.03. The summed E-state index contributed by atoms with van der Waals surface area (Å²) < 4.78 is 0. The molecule has 102 valence electrons. The van der Waals surface area contributed by atoms with Crippen LogP contribution in [-0.2, 0) is 9.59 Å². The van der Waals surface area contributed by atoms with Crippen molar-refractivity contribution in [1.82, 2.24) is 10.2 Å². The molecular weight excluding hydrogens is 238 g/mol. The Labute approximate surface area is 105 Å². The van der Waals surface area contributed by atoms with Crippen molar-refractivity contribution in [3.63, 3.8) is 0 Å². The first-order chi connectivity index (χ1) is 8.45. The lowest BCUT2D eigenvalue weighted by molar-refractivity contribution is -0.139. The van der Waals surface area contributed by atoms with E-state index in [1.165, 1.54) is 4.90 Å². The number of hydrogen-bond acceptors (Lipinski definition) is 3. The van der Waals surface area contributed by atoms with Crippen molar-refractivity contribution in [1.29, 1.82) is 0 Å². The highest BCUT2D eigenvalue weighted by atomic mass is 16.4. The first kappa shape index (κ1) is 14.3. The molecule has 0 aromatic heterocycles. The summed E-state index contributed by atoms with van der Waals surface area (Å²) in [6, 6.07) is -1.27. The fourth-order valence-electron chi connectivity index (χ4n) is 1.95. The number of nitrogens with zero attached hydrogens (tertiary/aromatic N) is 1. The van der Waals surface area contributed by atoms with Crippen LogP contribution in [0.3, 0.4) is 0 Å². The quantitative estimate of drug-likeness (QED) is 0.644. The molecular formula is C11H19N3O4. The number of nitrogens with two attached hydrogens (primary N) is 1. The predicted octanol–water partition coefficient (Wildman–Crippen LogP) is -0.243. The van der Waals surface area contributed by atoms with E-state index < -0.39 is 18.0 Å². The number of amides is 3. The van der Waals surface area contributed by atoms with Crippen LogP contribution in [-0.4, -0.2) is 47.0 Å². The number of carbonyl (C=O) groups excluding carboxylic acids is 2. The van der Waals surface area contributed by atoms with Crippen LogP contribution in [0.15, 0.2) is 0 Å². The molecule has 1 heterocycles. The monoisotopic (exact) mass is 257 g/mol. The maximum absolute atomic E-state index is 11.8. The Kier molecular flexibility index (Phi) is 4.94. The van der Waals surface area contributed by atoms with E-state index in [1.807, 2.05) is 0 Å². The van der Waals surface area contributed by atoms with Gasteiger partial charge in [0, 0.05) is 19.0 Å². The summed E-state index contributed by atoms with van der Waals surface area (Å²) in [5.74, 6) is -1.57. The molecule has 0 spiro atoms. The second kappa shape index (κ2) is 6.23. The Morgan fingerprint density at radius 1 is 1.39 bits per heavy atom. The number of nitrogens with one attached hydrogen (secondary N) is 1. The minimum absolute atomic E-state index is 0.185. The van der Waals surface area contributed by atoms with E-state index in [4.69, 9.17) is 10.8 Å². The van der Waals surface area contributed by atoms with Crippen molar-refractivity contribution in [2.75, 3.05) is 13.1 Å². The molecule has 0 aliphatic carbocycles. The average molecular weight is 257 g/mol. The molecule has 1 aliphatic rings. The normalized spacial score (nSPS) is 18.2. The molecule has 0 aromatic rings. The lowest BCUT2D eigenvalue weighted by Gasteiger charge is -2.31. The van der Waals surface area contributed by atoms with Gasteiger partial charge in [-0.3, -0.25) is 4.79 Å². The zero-order valence-corrected chi connectivity index (χ0v) is 10.4. The Bertz CT molecular complexity index is 337. The minimum Gasteiger partial charge on any atom is -0.480 e. The number of piperidine rings is 1. The summed E-state index contributed by atoms with van der Waals surface area (Å²) in [4.78, 5) is 35.1. The largest absolute Gasteiger partial charge is 0.480 e. The van der Waals surface area contributed by atoms with E-state index in [0.29, 0.717) is 32.4 Å². The summed E-state index contributed by atoms with van der Waals surface area (Å²) >= 11 is 0.